The van der Waals surface area contributed by atoms with Gasteiger partial charge in [-0.25, -0.2) is 9.48 Å². The Morgan fingerprint density at radius 2 is 1.81 bits per heavy atom. The van der Waals surface area contributed by atoms with Gasteiger partial charge in [-0.1, -0.05) is 29.8 Å². The number of nitrogens with one attached hydrogen (secondary N) is 2. The largest absolute Gasteiger partial charge is 0.495 e. The Labute approximate surface area is 161 Å². The lowest BCUT2D eigenvalue weighted by atomic mass is 10.3. The van der Waals surface area contributed by atoms with E-state index in [1.807, 2.05) is 30.3 Å². The number of nitrogens with zero attached hydrogens (tertiary/aromatic N) is 2. The van der Waals surface area contributed by atoms with Crippen molar-refractivity contribution in [2.75, 3.05) is 17.7 Å². The molecule has 2 aromatic carbocycles. The van der Waals surface area contributed by atoms with Crippen LogP contribution in [0.25, 0.3) is 5.69 Å². The highest BCUT2D eigenvalue weighted by Gasteiger charge is 2.18. The van der Waals surface area contributed by atoms with Gasteiger partial charge in [-0.2, -0.15) is 0 Å². The highest BCUT2D eigenvalue weighted by atomic mass is 35.5. The number of carbonyl (C=O) groups excluding carboxylic acids is 1. The quantitative estimate of drug-likeness (QED) is 0.716. The van der Waals surface area contributed by atoms with Crippen LogP contribution in [-0.2, 0) is 7.05 Å². The topological polar surface area (TPSA) is 77.3 Å². The predicted molar refractivity (Wildman–Crippen MR) is 106 cm³/mol. The minimum atomic E-state index is -0.568. The maximum Gasteiger partial charge on any atom is 0.323 e. The Bertz CT molecular complexity index is 1040. The molecule has 0 fully saturated rings. The van der Waals surface area contributed by atoms with Crippen LogP contribution >= 0.6 is 11.6 Å². The van der Waals surface area contributed by atoms with E-state index in [9.17, 15) is 9.59 Å². The lowest BCUT2D eigenvalue weighted by Gasteiger charge is -2.11. The summed E-state index contributed by atoms with van der Waals surface area (Å²) < 4.78 is 8.39. The van der Waals surface area contributed by atoms with E-state index in [0.29, 0.717) is 27.8 Å². The van der Waals surface area contributed by atoms with Crippen molar-refractivity contribution in [2.45, 2.75) is 6.92 Å². The molecule has 3 rings (SSSR count). The van der Waals surface area contributed by atoms with E-state index in [4.69, 9.17) is 16.3 Å². The van der Waals surface area contributed by atoms with Gasteiger partial charge >= 0.3 is 6.03 Å². The average Bonchev–Trinajstić information content (AvgIpc) is 2.86. The van der Waals surface area contributed by atoms with Gasteiger partial charge in [0.15, 0.2) is 0 Å². The number of para-hydroxylation sites is 1. The smallest absolute Gasteiger partial charge is 0.323 e. The van der Waals surface area contributed by atoms with Gasteiger partial charge in [0.2, 0.25) is 0 Å². The Hall–Kier alpha value is -3.19. The third-order valence-corrected chi connectivity index (χ3v) is 4.44. The number of hydrogen-bond donors (Lipinski definition) is 2. The number of amides is 2. The van der Waals surface area contributed by atoms with Crippen molar-refractivity contribution in [3.05, 3.63) is 69.6 Å². The van der Waals surface area contributed by atoms with Crippen LogP contribution < -0.4 is 20.9 Å². The molecule has 0 spiro atoms. The van der Waals surface area contributed by atoms with Crippen molar-refractivity contribution in [2.24, 2.45) is 7.05 Å². The monoisotopic (exact) mass is 386 g/mol. The summed E-state index contributed by atoms with van der Waals surface area (Å²) in [6.07, 6.45) is 0. The summed E-state index contributed by atoms with van der Waals surface area (Å²) in [5.41, 5.74) is 1.60. The van der Waals surface area contributed by atoms with Gasteiger partial charge in [0.05, 0.1) is 24.2 Å². The molecule has 1 aromatic heterocycles. The number of halogens is 1. The summed E-state index contributed by atoms with van der Waals surface area (Å²) >= 11 is 5.98. The lowest BCUT2D eigenvalue weighted by molar-refractivity contribution is 0.262. The van der Waals surface area contributed by atoms with Crippen LogP contribution in [0.2, 0.25) is 5.02 Å². The van der Waals surface area contributed by atoms with Crippen molar-refractivity contribution in [1.82, 2.24) is 9.36 Å². The summed E-state index contributed by atoms with van der Waals surface area (Å²) in [5, 5.41) is 5.73. The maximum atomic E-state index is 12.8. The molecule has 0 saturated carbocycles. The van der Waals surface area contributed by atoms with E-state index >= 15 is 0 Å². The van der Waals surface area contributed by atoms with Gasteiger partial charge in [-0.05, 0) is 37.3 Å². The number of urea groups is 1. The molecule has 0 aliphatic carbocycles. The second-order valence-electron chi connectivity index (χ2n) is 5.86. The summed E-state index contributed by atoms with van der Waals surface area (Å²) in [6, 6.07) is 13.5. The van der Waals surface area contributed by atoms with Crippen LogP contribution in [0.3, 0.4) is 0 Å². The molecule has 0 aliphatic heterocycles. The molecule has 2 N–H and O–H groups in total. The SMILES string of the molecule is COc1ccc(Cl)cc1NC(=O)Nc1c(C)n(C)n(-c2ccccc2)c1=O. The molecular formula is C19H19ClN4O3. The predicted octanol–water partition coefficient (Wildman–Crippen LogP) is 3.79. The molecule has 140 valence electrons. The number of benzene rings is 2. The zero-order valence-corrected chi connectivity index (χ0v) is 15.9. The van der Waals surface area contributed by atoms with Crippen LogP contribution in [0.1, 0.15) is 5.69 Å². The summed E-state index contributed by atoms with van der Waals surface area (Å²) in [4.78, 5) is 25.3. The molecule has 3 aromatic rings. The number of aromatic nitrogens is 2. The van der Waals surface area contributed by atoms with Crippen LogP contribution in [-0.4, -0.2) is 22.5 Å². The van der Waals surface area contributed by atoms with E-state index in [1.165, 1.54) is 11.8 Å². The third-order valence-electron chi connectivity index (χ3n) is 4.20. The van der Waals surface area contributed by atoms with E-state index in [0.717, 1.165) is 0 Å². The Morgan fingerprint density at radius 3 is 2.48 bits per heavy atom. The molecule has 0 unspecified atom stereocenters. The molecule has 0 bridgehead atoms. The van der Waals surface area contributed by atoms with Gasteiger partial charge in [0, 0.05) is 12.1 Å². The van der Waals surface area contributed by atoms with Crippen molar-refractivity contribution in [3.63, 3.8) is 0 Å². The molecule has 2 amide bonds. The van der Waals surface area contributed by atoms with Gasteiger partial charge in [0.1, 0.15) is 11.4 Å². The molecule has 8 heteroatoms. The first kappa shape index (κ1) is 18.6. The molecule has 0 radical (unpaired) electrons. The minimum Gasteiger partial charge on any atom is -0.495 e. The fourth-order valence-electron chi connectivity index (χ4n) is 2.76. The fraction of sp³-hybridized carbons (Fsp3) is 0.158. The second kappa shape index (κ2) is 7.59. The van der Waals surface area contributed by atoms with Crippen LogP contribution in [0, 0.1) is 6.92 Å². The minimum absolute atomic E-state index is 0.194. The molecular weight excluding hydrogens is 368 g/mol. The highest BCUT2D eigenvalue weighted by molar-refractivity contribution is 6.31. The van der Waals surface area contributed by atoms with Crippen LogP contribution in [0.15, 0.2) is 53.3 Å². The van der Waals surface area contributed by atoms with E-state index in [-0.39, 0.29) is 11.2 Å². The van der Waals surface area contributed by atoms with Gasteiger partial charge in [-0.15, -0.1) is 0 Å². The highest BCUT2D eigenvalue weighted by Crippen LogP contribution is 2.27. The molecule has 0 saturated heterocycles. The summed E-state index contributed by atoms with van der Waals surface area (Å²) in [5.74, 6) is 0.459. The van der Waals surface area contributed by atoms with E-state index < -0.39 is 6.03 Å². The molecule has 7 nitrogen and oxygen atoms in total. The normalized spacial score (nSPS) is 10.5. The van der Waals surface area contributed by atoms with Crippen molar-refractivity contribution in [3.8, 4) is 11.4 Å². The Balaban J connectivity index is 1.90. The Kier molecular flexibility index (Phi) is 5.23. The summed E-state index contributed by atoms with van der Waals surface area (Å²) in [7, 11) is 3.25. The third kappa shape index (κ3) is 3.68. The standard InChI is InChI=1S/C19H19ClN4O3/c1-12-17(18(25)24(23(12)2)14-7-5-4-6-8-14)22-19(26)21-15-11-13(20)9-10-16(15)27-3/h4-11H,1-3H3,(H2,21,22,26). The number of carbonyl (C=O) groups is 1. The molecule has 0 aliphatic rings. The van der Waals surface area contributed by atoms with Crippen LogP contribution in [0.5, 0.6) is 5.75 Å². The molecule has 1 heterocycles. The van der Waals surface area contributed by atoms with Crippen molar-refractivity contribution < 1.29 is 9.53 Å². The lowest BCUT2D eigenvalue weighted by Crippen LogP contribution is -2.25. The number of ether oxygens (including phenoxy) is 1. The first-order valence-electron chi connectivity index (χ1n) is 8.18. The number of hydrogen-bond acceptors (Lipinski definition) is 3. The molecule has 0 atom stereocenters. The van der Waals surface area contributed by atoms with Gasteiger partial charge < -0.3 is 15.4 Å². The van der Waals surface area contributed by atoms with Gasteiger partial charge in [-0.3, -0.25) is 9.48 Å². The van der Waals surface area contributed by atoms with Crippen LogP contribution in [0.4, 0.5) is 16.2 Å². The van der Waals surface area contributed by atoms with Crippen molar-refractivity contribution >= 4 is 29.0 Å². The van der Waals surface area contributed by atoms with Crippen molar-refractivity contribution in [1.29, 1.82) is 0 Å². The molecule has 27 heavy (non-hydrogen) atoms. The number of anilines is 2. The Morgan fingerprint density at radius 1 is 1.11 bits per heavy atom. The zero-order valence-electron chi connectivity index (χ0n) is 15.1. The fourth-order valence-corrected chi connectivity index (χ4v) is 2.93. The van der Waals surface area contributed by atoms with Gasteiger partial charge in [0.25, 0.3) is 5.56 Å². The van der Waals surface area contributed by atoms with E-state index in [1.54, 1.807) is 36.9 Å². The number of rotatable bonds is 4. The second-order valence-corrected chi connectivity index (χ2v) is 6.30. The zero-order chi connectivity index (χ0) is 19.6. The first-order valence-corrected chi connectivity index (χ1v) is 8.55. The average molecular weight is 387 g/mol. The first-order chi connectivity index (χ1) is 12.9. The maximum absolute atomic E-state index is 12.8. The summed E-state index contributed by atoms with van der Waals surface area (Å²) in [6.45, 7) is 1.76. The van der Waals surface area contributed by atoms with E-state index in [2.05, 4.69) is 10.6 Å². The number of methoxy groups -OCH3 is 1.